The summed E-state index contributed by atoms with van der Waals surface area (Å²) in [6, 6.07) is 19.0. The summed E-state index contributed by atoms with van der Waals surface area (Å²) in [5, 5.41) is 9.42. The predicted octanol–water partition coefficient (Wildman–Crippen LogP) is 6.67. The third-order valence-corrected chi connectivity index (χ3v) is 5.19. The summed E-state index contributed by atoms with van der Waals surface area (Å²) in [5.74, 6) is -1.53. The largest absolute Gasteiger partial charge is 0.573 e. The van der Waals surface area contributed by atoms with Crippen molar-refractivity contribution in [2.75, 3.05) is 4.90 Å². The number of carbonyl (C=O) groups excluding carboxylic acids is 1. The summed E-state index contributed by atoms with van der Waals surface area (Å²) in [6.07, 6.45) is -2.97. The SMILES string of the molecule is CCCCC(=O)N(Cc1ccc(-c2ccccc2C(=O)O)cc1)c1ccc(OC(F)(F)F)cc1. The quantitative estimate of drug-likeness (QED) is 0.378. The topological polar surface area (TPSA) is 66.8 Å². The third-order valence-electron chi connectivity index (χ3n) is 5.19. The Kier molecular flexibility index (Phi) is 7.94. The van der Waals surface area contributed by atoms with Crippen LogP contribution in [0.4, 0.5) is 18.9 Å². The molecule has 0 radical (unpaired) electrons. The number of carbonyl (C=O) groups is 2. The van der Waals surface area contributed by atoms with Crippen LogP contribution in [0.3, 0.4) is 0 Å². The lowest BCUT2D eigenvalue weighted by molar-refractivity contribution is -0.274. The first kappa shape index (κ1) is 24.8. The minimum atomic E-state index is -4.79. The van der Waals surface area contributed by atoms with Gasteiger partial charge in [-0.15, -0.1) is 13.2 Å². The summed E-state index contributed by atoms with van der Waals surface area (Å²) < 4.78 is 41.3. The van der Waals surface area contributed by atoms with Crippen LogP contribution in [0.2, 0.25) is 0 Å². The summed E-state index contributed by atoms with van der Waals surface area (Å²) in [7, 11) is 0. The zero-order valence-corrected chi connectivity index (χ0v) is 18.5. The average Bonchev–Trinajstić information content (AvgIpc) is 2.81. The van der Waals surface area contributed by atoms with E-state index in [1.165, 1.54) is 35.2 Å². The molecule has 0 spiro atoms. The molecule has 8 heteroatoms. The van der Waals surface area contributed by atoms with E-state index >= 15 is 0 Å². The van der Waals surface area contributed by atoms with Crippen molar-refractivity contribution in [2.24, 2.45) is 0 Å². The first-order valence-corrected chi connectivity index (χ1v) is 10.8. The van der Waals surface area contributed by atoms with Crippen molar-refractivity contribution in [1.82, 2.24) is 0 Å². The van der Waals surface area contributed by atoms with Gasteiger partial charge in [0, 0.05) is 12.1 Å². The molecule has 0 aliphatic carbocycles. The maximum absolute atomic E-state index is 12.9. The Morgan fingerprint density at radius 3 is 2.18 bits per heavy atom. The Morgan fingerprint density at radius 1 is 0.941 bits per heavy atom. The number of carboxylic acids is 1. The zero-order chi connectivity index (χ0) is 24.7. The van der Waals surface area contributed by atoms with Gasteiger partial charge in [0.15, 0.2) is 0 Å². The summed E-state index contributed by atoms with van der Waals surface area (Å²) in [6.45, 7) is 2.18. The number of hydrogen-bond donors (Lipinski definition) is 1. The van der Waals surface area contributed by atoms with Crippen molar-refractivity contribution >= 4 is 17.6 Å². The van der Waals surface area contributed by atoms with Crippen LogP contribution in [0.25, 0.3) is 11.1 Å². The molecule has 0 bridgehead atoms. The standard InChI is InChI=1S/C26H24F3NO4/c1-2-3-8-24(31)30(20-13-15-21(16-14-20)34-26(27,28)29)17-18-9-11-19(12-10-18)22-6-4-5-7-23(22)25(32)33/h4-7,9-16H,2-3,8,17H2,1H3,(H,32,33). The first-order chi connectivity index (χ1) is 16.2. The number of alkyl halides is 3. The molecule has 0 saturated carbocycles. The second kappa shape index (κ2) is 10.9. The van der Waals surface area contributed by atoms with E-state index in [1.54, 1.807) is 42.5 Å². The molecule has 34 heavy (non-hydrogen) atoms. The van der Waals surface area contributed by atoms with E-state index in [-0.39, 0.29) is 23.8 Å². The molecule has 1 N–H and O–H groups in total. The van der Waals surface area contributed by atoms with E-state index in [0.717, 1.165) is 17.5 Å². The van der Waals surface area contributed by atoms with Gasteiger partial charge in [-0.25, -0.2) is 4.79 Å². The Morgan fingerprint density at radius 2 is 1.59 bits per heavy atom. The Hall–Kier alpha value is -3.81. The molecule has 0 aliphatic rings. The van der Waals surface area contributed by atoms with Gasteiger partial charge in [-0.05, 0) is 53.4 Å². The van der Waals surface area contributed by atoms with Crippen molar-refractivity contribution in [1.29, 1.82) is 0 Å². The van der Waals surface area contributed by atoms with Gasteiger partial charge in [0.1, 0.15) is 5.75 Å². The molecule has 0 heterocycles. The average molecular weight is 471 g/mol. The van der Waals surface area contributed by atoms with Crippen LogP contribution < -0.4 is 9.64 Å². The monoisotopic (exact) mass is 471 g/mol. The number of hydrogen-bond acceptors (Lipinski definition) is 3. The highest BCUT2D eigenvalue weighted by Gasteiger charge is 2.31. The minimum absolute atomic E-state index is 0.147. The van der Waals surface area contributed by atoms with Crippen molar-refractivity contribution in [2.45, 2.75) is 39.1 Å². The molecule has 178 valence electrons. The molecule has 0 aliphatic heterocycles. The Bertz CT molecular complexity index is 1130. The van der Waals surface area contributed by atoms with Crippen LogP contribution in [-0.4, -0.2) is 23.3 Å². The maximum atomic E-state index is 12.9. The van der Waals surface area contributed by atoms with Gasteiger partial charge < -0.3 is 14.7 Å². The van der Waals surface area contributed by atoms with Gasteiger partial charge in [0.2, 0.25) is 5.91 Å². The maximum Gasteiger partial charge on any atom is 0.573 e. The fourth-order valence-electron chi connectivity index (χ4n) is 3.51. The van der Waals surface area contributed by atoms with E-state index in [0.29, 0.717) is 24.1 Å². The van der Waals surface area contributed by atoms with Crippen LogP contribution in [0, 0.1) is 0 Å². The predicted molar refractivity (Wildman–Crippen MR) is 123 cm³/mol. The van der Waals surface area contributed by atoms with Gasteiger partial charge >= 0.3 is 12.3 Å². The molecule has 1 amide bonds. The fraction of sp³-hybridized carbons (Fsp3) is 0.231. The van der Waals surface area contributed by atoms with Crippen LogP contribution in [0.15, 0.2) is 72.8 Å². The highest BCUT2D eigenvalue weighted by molar-refractivity contribution is 5.96. The smallest absolute Gasteiger partial charge is 0.478 e. The lowest BCUT2D eigenvalue weighted by Gasteiger charge is -2.24. The number of halogens is 3. The molecule has 0 atom stereocenters. The summed E-state index contributed by atoms with van der Waals surface area (Å²) in [4.78, 5) is 25.9. The number of carboxylic acid groups (broad SMARTS) is 1. The number of ether oxygens (including phenoxy) is 1. The van der Waals surface area contributed by atoms with Crippen LogP contribution in [0.1, 0.15) is 42.1 Å². The van der Waals surface area contributed by atoms with Gasteiger partial charge in [0.25, 0.3) is 0 Å². The molecule has 3 aromatic rings. The minimum Gasteiger partial charge on any atom is -0.478 e. The van der Waals surface area contributed by atoms with Crippen molar-refractivity contribution in [3.05, 3.63) is 83.9 Å². The Balaban J connectivity index is 1.84. The van der Waals surface area contributed by atoms with E-state index in [1.807, 2.05) is 6.92 Å². The highest BCUT2D eigenvalue weighted by Crippen LogP contribution is 2.28. The van der Waals surface area contributed by atoms with E-state index < -0.39 is 12.3 Å². The van der Waals surface area contributed by atoms with Crippen LogP contribution in [-0.2, 0) is 11.3 Å². The van der Waals surface area contributed by atoms with Crippen LogP contribution >= 0.6 is 0 Å². The van der Waals surface area contributed by atoms with Crippen molar-refractivity contribution in [3.63, 3.8) is 0 Å². The van der Waals surface area contributed by atoms with E-state index in [4.69, 9.17) is 0 Å². The number of anilines is 1. The fourth-order valence-corrected chi connectivity index (χ4v) is 3.51. The third kappa shape index (κ3) is 6.60. The zero-order valence-electron chi connectivity index (χ0n) is 18.5. The number of unbranched alkanes of at least 4 members (excludes halogenated alkanes) is 1. The number of benzene rings is 3. The molecular weight excluding hydrogens is 447 g/mol. The number of aromatic carboxylic acids is 1. The summed E-state index contributed by atoms with van der Waals surface area (Å²) in [5.41, 5.74) is 2.73. The second-order valence-corrected chi connectivity index (χ2v) is 7.67. The molecular formula is C26H24F3NO4. The molecule has 5 nitrogen and oxygen atoms in total. The van der Waals surface area contributed by atoms with Gasteiger partial charge in [-0.2, -0.15) is 0 Å². The molecule has 0 fully saturated rings. The summed E-state index contributed by atoms with van der Waals surface area (Å²) >= 11 is 0. The Labute approximate surface area is 195 Å². The number of nitrogens with zero attached hydrogens (tertiary/aromatic N) is 1. The van der Waals surface area contributed by atoms with Gasteiger partial charge in [-0.3, -0.25) is 4.79 Å². The van der Waals surface area contributed by atoms with Crippen molar-refractivity contribution < 1.29 is 32.6 Å². The molecule has 3 aromatic carbocycles. The second-order valence-electron chi connectivity index (χ2n) is 7.67. The van der Waals surface area contributed by atoms with Gasteiger partial charge in [0.05, 0.1) is 12.1 Å². The highest BCUT2D eigenvalue weighted by atomic mass is 19.4. The molecule has 0 aromatic heterocycles. The number of amides is 1. The lowest BCUT2D eigenvalue weighted by atomic mass is 9.98. The van der Waals surface area contributed by atoms with Gasteiger partial charge in [-0.1, -0.05) is 55.8 Å². The molecule has 3 rings (SSSR count). The van der Waals surface area contributed by atoms with Crippen LogP contribution in [0.5, 0.6) is 5.75 Å². The molecule has 0 saturated heterocycles. The molecule has 0 unspecified atom stereocenters. The number of rotatable bonds is 9. The van der Waals surface area contributed by atoms with Crippen molar-refractivity contribution in [3.8, 4) is 16.9 Å². The van der Waals surface area contributed by atoms with E-state index in [2.05, 4.69) is 4.74 Å². The first-order valence-electron chi connectivity index (χ1n) is 10.8. The normalized spacial score (nSPS) is 11.2. The lowest BCUT2D eigenvalue weighted by Crippen LogP contribution is -2.30. The van der Waals surface area contributed by atoms with E-state index in [9.17, 15) is 27.9 Å².